The van der Waals surface area contributed by atoms with E-state index in [1.54, 1.807) is 0 Å². The molecule has 0 atom stereocenters. The topological polar surface area (TPSA) is 88.8 Å². The highest BCUT2D eigenvalue weighted by Crippen LogP contribution is 2.16. The molecule has 0 saturated heterocycles. The molecule has 0 aliphatic heterocycles. The minimum absolute atomic E-state index is 0.0741. The van der Waals surface area contributed by atoms with Crippen LogP contribution in [0.5, 0.6) is 0 Å². The third kappa shape index (κ3) is 10.1. The summed E-state index contributed by atoms with van der Waals surface area (Å²) in [5.74, 6) is 0. The molecule has 1 aromatic rings. The molecule has 0 heterocycles. The second kappa shape index (κ2) is 10.8. The van der Waals surface area contributed by atoms with Crippen LogP contribution < -0.4 is 16.8 Å². The van der Waals surface area contributed by atoms with E-state index in [9.17, 15) is 0 Å². The summed E-state index contributed by atoms with van der Waals surface area (Å²) >= 11 is 0. The molecule has 0 spiro atoms. The second-order valence-corrected chi connectivity index (χ2v) is 9.45. The first kappa shape index (κ1) is 24.5. The molecule has 0 bridgehead atoms. The third-order valence-corrected chi connectivity index (χ3v) is 4.93. The van der Waals surface area contributed by atoms with E-state index in [-0.39, 0.29) is 16.6 Å². The number of nitrogens with one attached hydrogen (secondary N) is 1. The number of aliphatic imine (C=N–C) groups is 2. The van der Waals surface area contributed by atoms with Gasteiger partial charge in [-0.15, -0.1) is 0 Å². The lowest BCUT2D eigenvalue weighted by Crippen LogP contribution is -2.42. The minimum Gasteiger partial charge on any atom is -0.330 e. The molecule has 0 aromatic heterocycles. The second-order valence-electron chi connectivity index (χ2n) is 9.45. The number of hydrogen-bond donors (Lipinski definition) is 3. The van der Waals surface area contributed by atoms with Crippen molar-refractivity contribution in [1.82, 2.24) is 5.32 Å². The standard InChI is InChI=1S/C23H41N5/c1-21(2,11-14-24)26-16-13-23(5,6)28-18-20-9-7-19(8-10-20)17-27-22(3,4)12-15-25/h7-10,17-18,26H,11-16,24-25H2,1-6H3/b27-17+,28-18+. The van der Waals surface area contributed by atoms with E-state index >= 15 is 0 Å². The SMILES string of the molecule is CC(C)(CCN)/N=C/c1ccc(/C=N/C(C)(C)CCNC(C)(C)CCN)cc1. The Hall–Kier alpha value is -1.56. The van der Waals surface area contributed by atoms with E-state index < -0.39 is 0 Å². The Balaban J connectivity index is 2.60. The van der Waals surface area contributed by atoms with E-state index in [1.165, 1.54) is 0 Å². The first-order valence-corrected chi connectivity index (χ1v) is 10.3. The van der Waals surface area contributed by atoms with Gasteiger partial charge >= 0.3 is 0 Å². The fourth-order valence-corrected chi connectivity index (χ4v) is 2.81. The van der Waals surface area contributed by atoms with Gasteiger partial charge in [0.1, 0.15) is 0 Å². The summed E-state index contributed by atoms with van der Waals surface area (Å²) in [7, 11) is 0. The number of nitrogens with zero attached hydrogens (tertiary/aromatic N) is 2. The zero-order valence-electron chi connectivity index (χ0n) is 18.8. The van der Waals surface area contributed by atoms with Gasteiger partial charge in [0, 0.05) is 18.0 Å². The highest BCUT2D eigenvalue weighted by atomic mass is 15.0. The number of hydrogen-bond acceptors (Lipinski definition) is 5. The van der Waals surface area contributed by atoms with Gasteiger partial charge in [0.2, 0.25) is 0 Å². The Bertz CT molecular complexity index is 627. The van der Waals surface area contributed by atoms with E-state index in [0.29, 0.717) is 13.1 Å². The Morgan fingerprint density at radius 3 is 1.61 bits per heavy atom. The molecule has 1 rings (SSSR count). The van der Waals surface area contributed by atoms with Gasteiger partial charge in [0.25, 0.3) is 0 Å². The molecule has 5 N–H and O–H groups in total. The van der Waals surface area contributed by atoms with Gasteiger partial charge < -0.3 is 16.8 Å². The lowest BCUT2D eigenvalue weighted by atomic mass is 9.97. The highest BCUT2D eigenvalue weighted by Gasteiger charge is 2.19. The summed E-state index contributed by atoms with van der Waals surface area (Å²) < 4.78 is 0. The molecule has 0 radical (unpaired) electrons. The third-order valence-electron chi connectivity index (χ3n) is 4.93. The van der Waals surface area contributed by atoms with Crippen molar-refractivity contribution < 1.29 is 0 Å². The summed E-state index contributed by atoms with van der Waals surface area (Å²) in [6.45, 7) is 15.2. The maximum atomic E-state index is 5.67. The fraction of sp³-hybridized carbons (Fsp3) is 0.652. The van der Waals surface area contributed by atoms with Crippen molar-refractivity contribution in [2.24, 2.45) is 21.5 Å². The number of benzene rings is 1. The Morgan fingerprint density at radius 1 is 0.750 bits per heavy atom. The van der Waals surface area contributed by atoms with Gasteiger partial charge in [-0.2, -0.15) is 0 Å². The van der Waals surface area contributed by atoms with Gasteiger partial charge in [-0.1, -0.05) is 24.3 Å². The Kier molecular flexibility index (Phi) is 9.48. The molecule has 5 heteroatoms. The van der Waals surface area contributed by atoms with Gasteiger partial charge in [0.05, 0.1) is 11.1 Å². The van der Waals surface area contributed by atoms with Gasteiger partial charge in [-0.25, -0.2) is 0 Å². The molecule has 0 amide bonds. The summed E-state index contributed by atoms with van der Waals surface area (Å²) in [6, 6.07) is 8.32. The first-order chi connectivity index (χ1) is 13.0. The highest BCUT2D eigenvalue weighted by molar-refractivity contribution is 5.84. The van der Waals surface area contributed by atoms with Crippen molar-refractivity contribution in [2.75, 3.05) is 19.6 Å². The van der Waals surface area contributed by atoms with Crippen LogP contribution in [0, 0.1) is 0 Å². The molecule has 0 fully saturated rings. The molecule has 28 heavy (non-hydrogen) atoms. The zero-order valence-corrected chi connectivity index (χ0v) is 18.8. The van der Waals surface area contributed by atoms with Crippen LogP contribution in [0.25, 0.3) is 0 Å². The van der Waals surface area contributed by atoms with Crippen molar-refractivity contribution in [1.29, 1.82) is 0 Å². The normalized spacial score (nSPS) is 13.7. The monoisotopic (exact) mass is 387 g/mol. The largest absolute Gasteiger partial charge is 0.330 e. The van der Waals surface area contributed by atoms with Crippen LogP contribution in [-0.2, 0) is 0 Å². The molecule has 0 aliphatic carbocycles. The fourth-order valence-electron chi connectivity index (χ4n) is 2.81. The molecule has 0 saturated carbocycles. The zero-order chi connectivity index (χ0) is 21.3. The predicted octanol–water partition coefficient (Wildman–Crippen LogP) is 3.54. The molecule has 158 valence electrons. The van der Waals surface area contributed by atoms with Gasteiger partial charge in [-0.3, -0.25) is 9.98 Å². The summed E-state index contributed by atoms with van der Waals surface area (Å²) in [5.41, 5.74) is 13.3. The predicted molar refractivity (Wildman–Crippen MR) is 124 cm³/mol. The van der Waals surface area contributed by atoms with Crippen LogP contribution in [-0.4, -0.2) is 48.7 Å². The van der Waals surface area contributed by atoms with Crippen LogP contribution in [0.3, 0.4) is 0 Å². The van der Waals surface area contributed by atoms with Crippen LogP contribution in [0.15, 0.2) is 34.3 Å². The summed E-state index contributed by atoms with van der Waals surface area (Å²) in [5, 5.41) is 3.58. The summed E-state index contributed by atoms with van der Waals surface area (Å²) in [6.07, 6.45) is 6.70. The summed E-state index contributed by atoms with van der Waals surface area (Å²) in [4.78, 5) is 9.44. The van der Waals surface area contributed by atoms with Crippen molar-refractivity contribution in [3.05, 3.63) is 35.4 Å². The van der Waals surface area contributed by atoms with Crippen LogP contribution in [0.2, 0.25) is 0 Å². The lowest BCUT2D eigenvalue weighted by molar-refractivity contribution is 0.343. The molecular weight excluding hydrogens is 346 g/mol. The van der Waals surface area contributed by atoms with E-state index in [2.05, 4.69) is 76.1 Å². The van der Waals surface area contributed by atoms with Gasteiger partial charge in [0.15, 0.2) is 0 Å². The number of rotatable bonds is 12. The molecule has 0 unspecified atom stereocenters. The maximum absolute atomic E-state index is 5.67. The average Bonchev–Trinajstić information content (AvgIpc) is 2.59. The quantitative estimate of drug-likeness (QED) is 0.479. The first-order valence-electron chi connectivity index (χ1n) is 10.3. The van der Waals surface area contributed by atoms with Crippen LogP contribution in [0.4, 0.5) is 0 Å². The lowest BCUT2D eigenvalue weighted by Gasteiger charge is -2.28. The molecule has 0 aliphatic rings. The van der Waals surface area contributed by atoms with Crippen molar-refractivity contribution in [3.8, 4) is 0 Å². The van der Waals surface area contributed by atoms with E-state index in [4.69, 9.17) is 16.5 Å². The van der Waals surface area contributed by atoms with E-state index in [0.717, 1.165) is 36.9 Å². The van der Waals surface area contributed by atoms with Crippen LogP contribution in [0.1, 0.15) is 71.9 Å². The number of nitrogens with two attached hydrogens (primary N) is 2. The Morgan fingerprint density at radius 2 is 1.18 bits per heavy atom. The van der Waals surface area contributed by atoms with E-state index in [1.807, 2.05) is 12.4 Å². The van der Waals surface area contributed by atoms with Crippen LogP contribution >= 0.6 is 0 Å². The smallest absolute Gasteiger partial charge is 0.0564 e. The molecule has 5 nitrogen and oxygen atoms in total. The molecule has 1 aromatic carbocycles. The Labute approximate surface area is 172 Å². The van der Waals surface area contributed by atoms with Crippen molar-refractivity contribution >= 4 is 12.4 Å². The molecular formula is C23H41N5. The van der Waals surface area contributed by atoms with Crippen molar-refractivity contribution in [2.45, 2.75) is 77.4 Å². The van der Waals surface area contributed by atoms with Gasteiger partial charge in [-0.05, 0) is 91.6 Å². The average molecular weight is 388 g/mol. The van der Waals surface area contributed by atoms with Crippen molar-refractivity contribution in [3.63, 3.8) is 0 Å². The maximum Gasteiger partial charge on any atom is 0.0564 e. The minimum atomic E-state index is -0.119.